The van der Waals surface area contributed by atoms with Crippen LogP contribution >= 0.6 is 0 Å². The second-order valence-corrected chi connectivity index (χ2v) is 3.25. The molecule has 0 saturated carbocycles. The highest BCUT2D eigenvalue weighted by molar-refractivity contribution is 5.79. The van der Waals surface area contributed by atoms with Gasteiger partial charge in [-0.1, -0.05) is 37.3 Å². The van der Waals surface area contributed by atoms with Gasteiger partial charge in [0.25, 0.3) is 0 Å². The van der Waals surface area contributed by atoms with Crippen LogP contribution in [0.5, 0.6) is 0 Å². The van der Waals surface area contributed by atoms with Crippen molar-refractivity contribution < 1.29 is 0 Å². The van der Waals surface area contributed by atoms with E-state index in [1.165, 1.54) is 5.56 Å². The average Bonchev–Trinajstić information content (AvgIpc) is 2.15. The van der Waals surface area contributed by atoms with Crippen LogP contribution in [0.3, 0.4) is 0 Å². The Morgan fingerprint density at radius 1 is 1.38 bits per heavy atom. The fourth-order valence-corrected chi connectivity index (χ4v) is 1.37. The summed E-state index contributed by atoms with van der Waals surface area (Å²) in [4.78, 5) is 0. The number of nitrogens with two attached hydrogens (primary N) is 1. The van der Waals surface area contributed by atoms with E-state index in [-0.39, 0.29) is 5.92 Å². The van der Waals surface area contributed by atoms with Crippen LogP contribution in [0.4, 0.5) is 0 Å². The van der Waals surface area contributed by atoms with Gasteiger partial charge in [-0.15, -0.1) is 0 Å². The van der Waals surface area contributed by atoms with Crippen LogP contribution in [0, 0.1) is 11.3 Å². The molecule has 0 aliphatic rings. The molecule has 0 heterocycles. The number of hydrogen-bond donors (Lipinski definition) is 2. The predicted octanol–water partition coefficient (Wildman–Crippen LogP) is 2.19. The van der Waals surface area contributed by atoms with Crippen LogP contribution in [-0.4, -0.2) is 5.84 Å². The number of amidine groups is 1. The predicted molar refractivity (Wildman–Crippen MR) is 55.8 cm³/mol. The largest absolute Gasteiger partial charge is 0.387 e. The lowest BCUT2D eigenvalue weighted by Gasteiger charge is -2.12. The Balaban J connectivity index is 2.62. The van der Waals surface area contributed by atoms with Gasteiger partial charge in [0.1, 0.15) is 0 Å². The SMILES string of the molecule is CCC(Cc1ccccc1)C(=N)N. The molecule has 0 fully saturated rings. The molecule has 0 saturated heterocycles. The molecule has 13 heavy (non-hydrogen) atoms. The summed E-state index contributed by atoms with van der Waals surface area (Å²) in [5, 5.41) is 7.38. The Kier molecular flexibility index (Phi) is 3.50. The van der Waals surface area contributed by atoms with E-state index in [0.717, 1.165) is 12.8 Å². The van der Waals surface area contributed by atoms with Crippen LogP contribution in [0.15, 0.2) is 30.3 Å². The molecule has 0 aliphatic heterocycles. The smallest absolute Gasteiger partial charge is 0.0940 e. The van der Waals surface area contributed by atoms with E-state index in [1.54, 1.807) is 0 Å². The Hall–Kier alpha value is -1.31. The van der Waals surface area contributed by atoms with Crippen LogP contribution in [0.25, 0.3) is 0 Å². The normalized spacial score (nSPS) is 12.4. The van der Waals surface area contributed by atoms with Crippen molar-refractivity contribution in [3.63, 3.8) is 0 Å². The summed E-state index contributed by atoms with van der Waals surface area (Å²) in [5.41, 5.74) is 6.73. The minimum Gasteiger partial charge on any atom is -0.387 e. The third-order valence-electron chi connectivity index (χ3n) is 2.26. The summed E-state index contributed by atoms with van der Waals surface area (Å²) in [6, 6.07) is 10.2. The first kappa shape index (κ1) is 9.78. The molecule has 0 aromatic heterocycles. The lowest BCUT2D eigenvalue weighted by atomic mass is 9.96. The number of benzene rings is 1. The van der Waals surface area contributed by atoms with Crippen molar-refractivity contribution in [3.8, 4) is 0 Å². The minimum absolute atomic E-state index is 0.197. The first-order chi connectivity index (χ1) is 6.24. The average molecular weight is 176 g/mol. The van der Waals surface area contributed by atoms with Crippen molar-refractivity contribution in [2.24, 2.45) is 11.7 Å². The minimum atomic E-state index is 0.197. The maximum atomic E-state index is 7.38. The molecule has 1 aromatic rings. The number of nitrogens with one attached hydrogen (secondary N) is 1. The van der Waals surface area contributed by atoms with Crippen LogP contribution < -0.4 is 5.73 Å². The van der Waals surface area contributed by atoms with Gasteiger partial charge in [-0.25, -0.2) is 0 Å². The second-order valence-electron chi connectivity index (χ2n) is 3.25. The molecule has 0 amide bonds. The molecule has 1 aromatic carbocycles. The maximum Gasteiger partial charge on any atom is 0.0940 e. The van der Waals surface area contributed by atoms with Gasteiger partial charge in [0, 0.05) is 5.92 Å². The number of rotatable bonds is 4. The summed E-state index contributed by atoms with van der Waals surface area (Å²) in [6.45, 7) is 2.06. The van der Waals surface area contributed by atoms with Crippen molar-refractivity contribution in [1.82, 2.24) is 0 Å². The monoisotopic (exact) mass is 176 g/mol. The second kappa shape index (κ2) is 4.65. The molecule has 2 heteroatoms. The molecule has 0 spiro atoms. The summed E-state index contributed by atoms with van der Waals surface area (Å²) in [5.74, 6) is 0.494. The van der Waals surface area contributed by atoms with E-state index in [9.17, 15) is 0 Å². The fourth-order valence-electron chi connectivity index (χ4n) is 1.37. The summed E-state index contributed by atoms with van der Waals surface area (Å²) in [7, 11) is 0. The van der Waals surface area contributed by atoms with E-state index in [1.807, 2.05) is 18.2 Å². The highest BCUT2D eigenvalue weighted by Crippen LogP contribution is 2.11. The van der Waals surface area contributed by atoms with Crippen LogP contribution in [0.2, 0.25) is 0 Å². The number of hydrogen-bond acceptors (Lipinski definition) is 1. The summed E-state index contributed by atoms with van der Waals surface area (Å²) < 4.78 is 0. The van der Waals surface area contributed by atoms with Crippen LogP contribution in [-0.2, 0) is 6.42 Å². The van der Waals surface area contributed by atoms with Gasteiger partial charge in [0.05, 0.1) is 5.84 Å². The Morgan fingerprint density at radius 2 is 2.00 bits per heavy atom. The third kappa shape index (κ3) is 2.90. The molecular formula is C11H16N2. The first-order valence-corrected chi connectivity index (χ1v) is 4.62. The lowest BCUT2D eigenvalue weighted by molar-refractivity contribution is 0.653. The van der Waals surface area contributed by atoms with Gasteiger partial charge in [-0.2, -0.15) is 0 Å². The zero-order valence-corrected chi connectivity index (χ0v) is 7.96. The molecule has 1 atom stereocenters. The highest BCUT2D eigenvalue weighted by atomic mass is 14.7. The van der Waals surface area contributed by atoms with Crippen molar-refractivity contribution in [1.29, 1.82) is 5.41 Å². The molecule has 0 aliphatic carbocycles. The molecule has 1 rings (SSSR count). The molecular weight excluding hydrogens is 160 g/mol. The van der Waals surface area contributed by atoms with Gasteiger partial charge >= 0.3 is 0 Å². The van der Waals surface area contributed by atoms with Gasteiger partial charge in [0.15, 0.2) is 0 Å². The van der Waals surface area contributed by atoms with Crippen LogP contribution in [0.1, 0.15) is 18.9 Å². The molecule has 70 valence electrons. The van der Waals surface area contributed by atoms with Gasteiger partial charge < -0.3 is 5.73 Å². The van der Waals surface area contributed by atoms with Gasteiger partial charge in [-0.3, -0.25) is 5.41 Å². The molecule has 2 nitrogen and oxygen atoms in total. The quantitative estimate of drug-likeness (QED) is 0.536. The third-order valence-corrected chi connectivity index (χ3v) is 2.26. The zero-order chi connectivity index (χ0) is 9.68. The zero-order valence-electron chi connectivity index (χ0n) is 7.96. The van der Waals surface area contributed by atoms with Crippen molar-refractivity contribution in [2.45, 2.75) is 19.8 Å². The van der Waals surface area contributed by atoms with Crippen molar-refractivity contribution in [2.75, 3.05) is 0 Å². The first-order valence-electron chi connectivity index (χ1n) is 4.62. The van der Waals surface area contributed by atoms with Crippen molar-refractivity contribution >= 4 is 5.84 Å². The van der Waals surface area contributed by atoms with Gasteiger partial charge in [0.2, 0.25) is 0 Å². The standard InChI is InChI=1S/C11H16N2/c1-2-10(11(12)13)8-9-6-4-3-5-7-9/h3-7,10H,2,8H2,1H3,(H3,12,13). The highest BCUT2D eigenvalue weighted by Gasteiger charge is 2.09. The summed E-state index contributed by atoms with van der Waals surface area (Å²) in [6.07, 6.45) is 1.82. The molecule has 1 unspecified atom stereocenters. The topological polar surface area (TPSA) is 49.9 Å². The maximum absolute atomic E-state index is 7.38. The van der Waals surface area contributed by atoms with E-state index >= 15 is 0 Å². The van der Waals surface area contributed by atoms with E-state index < -0.39 is 0 Å². The summed E-state index contributed by atoms with van der Waals surface area (Å²) >= 11 is 0. The fraction of sp³-hybridized carbons (Fsp3) is 0.364. The van der Waals surface area contributed by atoms with E-state index in [4.69, 9.17) is 11.1 Å². The van der Waals surface area contributed by atoms with E-state index in [2.05, 4.69) is 19.1 Å². The molecule has 3 N–H and O–H groups in total. The van der Waals surface area contributed by atoms with Gasteiger partial charge in [-0.05, 0) is 18.4 Å². The molecule has 0 bridgehead atoms. The molecule has 0 radical (unpaired) electrons. The Bertz CT molecular complexity index is 267. The Labute approximate surface area is 79.3 Å². The Morgan fingerprint density at radius 3 is 2.46 bits per heavy atom. The lowest BCUT2D eigenvalue weighted by Crippen LogP contribution is -2.23. The van der Waals surface area contributed by atoms with E-state index in [0.29, 0.717) is 5.84 Å². The van der Waals surface area contributed by atoms with Crippen molar-refractivity contribution in [3.05, 3.63) is 35.9 Å².